The lowest BCUT2D eigenvalue weighted by Crippen LogP contribution is -2.15. The lowest BCUT2D eigenvalue weighted by Gasteiger charge is -2.09. The lowest BCUT2D eigenvalue weighted by molar-refractivity contribution is -0.137. The molecule has 0 unspecified atom stereocenters. The maximum absolute atomic E-state index is 12.7. The van der Waals surface area contributed by atoms with Crippen LogP contribution in [0.1, 0.15) is 18.1 Å². The molecule has 0 spiro atoms. The molecular weight excluding hydrogens is 443 g/mol. The van der Waals surface area contributed by atoms with E-state index < -0.39 is 11.7 Å². The van der Waals surface area contributed by atoms with Gasteiger partial charge in [-0.2, -0.15) is 18.2 Å². The van der Waals surface area contributed by atoms with E-state index >= 15 is 0 Å². The fourth-order valence-corrected chi connectivity index (χ4v) is 3.52. The van der Waals surface area contributed by atoms with Gasteiger partial charge in [-0.3, -0.25) is 9.78 Å². The third-order valence-corrected chi connectivity index (χ3v) is 5.26. The summed E-state index contributed by atoms with van der Waals surface area (Å²) in [5, 5.41) is 3.63. The Kier molecular flexibility index (Phi) is 5.92. The van der Waals surface area contributed by atoms with E-state index in [-0.39, 0.29) is 17.0 Å². The molecule has 32 heavy (non-hydrogen) atoms. The molecule has 0 aliphatic heterocycles. The van der Waals surface area contributed by atoms with Crippen LogP contribution < -0.4 is 10.9 Å². The van der Waals surface area contributed by atoms with Gasteiger partial charge in [0.1, 0.15) is 5.82 Å². The molecule has 2 heterocycles. The van der Waals surface area contributed by atoms with E-state index in [4.69, 9.17) is 11.6 Å². The number of aromatic nitrogens is 4. The molecular formula is C22H19ClF3N5O. The second-order valence-corrected chi connectivity index (χ2v) is 7.58. The minimum absolute atomic E-state index is 0.227. The van der Waals surface area contributed by atoms with Crippen molar-refractivity contribution in [3.8, 4) is 11.4 Å². The number of halogens is 4. The number of nitrogens with one attached hydrogen (secondary N) is 2. The second-order valence-electron chi connectivity index (χ2n) is 7.14. The highest BCUT2D eigenvalue weighted by molar-refractivity contribution is 6.30. The molecule has 4 rings (SSSR count). The molecule has 0 amide bonds. The second kappa shape index (κ2) is 8.66. The number of H-pyrrole nitrogens is 1. The van der Waals surface area contributed by atoms with Gasteiger partial charge in [0.05, 0.1) is 5.56 Å². The van der Waals surface area contributed by atoms with Crippen molar-refractivity contribution in [3.63, 3.8) is 0 Å². The van der Waals surface area contributed by atoms with E-state index in [1.807, 2.05) is 23.6 Å². The van der Waals surface area contributed by atoms with Crippen molar-refractivity contribution in [1.29, 1.82) is 0 Å². The Hall–Kier alpha value is -3.33. The van der Waals surface area contributed by atoms with E-state index in [1.54, 1.807) is 12.1 Å². The normalized spacial score (nSPS) is 11.8. The molecule has 10 heteroatoms. The Bertz CT molecular complexity index is 1290. The van der Waals surface area contributed by atoms with Gasteiger partial charge in [0, 0.05) is 23.7 Å². The standard InChI is InChI=1S/C22H19ClF3N5O/c1-2-31-18(14-5-9-16(23)10-6-14)28-17-19(31)29-21(30-20(17)32)27-12-11-13-3-7-15(8-4-13)22(24,25)26/h3-10H,2,11-12H2,1H3,(H2,27,29,30,32). The summed E-state index contributed by atoms with van der Waals surface area (Å²) in [5.41, 5.74) is 1.15. The Morgan fingerprint density at radius 2 is 1.75 bits per heavy atom. The minimum Gasteiger partial charge on any atom is -0.355 e. The molecule has 0 atom stereocenters. The molecule has 2 N–H and O–H groups in total. The number of benzene rings is 2. The molecule has 0 saturated carbocycles. The first-order valence-corrected chi connectivity index (χ1v) is 10.3. The third kappa shape index (κ3) is 4.47. The van der Waals surface area contributed by atoms with E-state index in [1.165, 1.54) is 12.1 Å². The van der Waals surface area contributed by atoms with Crippen LogP contribution in [0.5, 0.6) is 0 Å². The quantitative estimate of drug-likeness (QED) is 0.417. The smallest absolute Gasteiger partial charge is 0.355 e. The van der Waals surface area contributed by atoms with Crippen LogP contribution in [-0.2, 0) is 19.1 Å². The maximum atomic E-state index is 12.7. The summed E-state index contributed by atoms with van der Waals surface area (Å²) >= 11 is 5.97. The molecule has 0 aliphatic carbocycles. The number of alkyl halides is 3. The largest absolute Gasteiger partial charge is 0.416 e. The first-order valence-electron chi connectivity index (χ1n) is 9.92. The number of rotatable bonds is 6. The topological polar surface area (TPSA) is 75.6 Å². The van der Waals surface area contributed by atoms with Gasteiger partial charge in [0.2, 0.25) is 5.95 Å². The van der Waals surface area contributed by atoms with Crippen LogP contribution in [0.2, 0.25) is 5.02 Å². The highest BCUT2D eigenvalue weighted by atomic mass is 35.5. The Balaban J connectivity index is 1.55. The van der Waals surface area contributed by atoms with Crippen LogP contribution >= 0.6 is 11.6 Å². The van der Waals surface area contributed by atoms with Crippen LogP contribution in [0.4, 0.5) is 19.1 Å². The fourth-order valence-electron chi connectivity index (χ4n) is 3.40. The predicted molar refractivity (Wildman–Crippen MR) is 118 cm³/mol. The number of fused-ring (bicyclic) bond motifs is 1. The summed E-state index contributed by atoms with van der Waals surface area (Å²) in [6.45, 7) is 2.86. The zero-order valence-electron chi connectivity index (χ0n) is 17.0. The third-order valence-electron chi connectivity index (χ3n) is 5.01. The summed E-state index contributed by atoms with van der Waals surface area (Å²) in [6.07, 6.45) is -3.90. The molecule has 0 radical (unpaired) electrons. The number of hydrogen-bond acceptors (Lipinski definition) is 4. The molecule has 2 aromatic carbocycles. The zero-order chi connectivity index (χ0) is 22.9. The van der Waals surface area contributed by atoms with E-state index in [2.05, 4.69) is 20.3 Å². The first-order chi connectivity index (χ1) is 15.3. The minimum atomic E-state index is -4.36. The van der Waals surface area contributed by atoms with Crippen LogP contribution in [-0.4, -0.2) is 26.1 Å². The predicted octanol–water partition coefficient (Wildman–Crippen LogP) is 5.13. The van der Waals surface area contributed by atoms with Crippen molar-refractivity contribution in [2.24, 2.45) is 0 Å². The molecule has 4 aromatic rings. The fraction of sp³-hybridized carbons (Fsp3) is 0.227. The van der Waals surface area contributed by atoms with Gasteiger partial charge >= 0.3 is 6.18 Å². The first kappa shape index (κ1) is 21.9. The van der Waals surface area contributed by atoms with Crippen molar-refractivity contribution in [1.82, 2.24) is 19.5 Å². The Morgan fingerprint density at radius 1 is 1.06 bits per heavy atom. The molecule has 0 saturated heterocycles. The van der Waals surface area contributed by atoms with Crippen molar-refractivity contribution >= 4 is 28.7 Å². The number of aryl methyl sites for hydroxylation is 1. The maximum Gasteiger partial charge on any atom is 0.416 e. The summed E-state index contributed by atoms with van der Waals surface area (Å²) in [4.78, 5) is 24.2. The number of nitrogens with zero attached hydrogens (tertiary/aromatic N) is 3. The Labute approximate surface area is 186 Å². The molecule has 166 valence electrons. The molecule has 2 aromatic heterocycles. The van der Waals surface area contributed by atoms with Crippen molar-refractivity contribution in [2.75, 3.05) is 11.9 Å². The van der Waals surface area contributed by atoms with Gasteiger partial charge < -0.3 is 9.88 Å². The van der Waals surface area contributed by atoms with Crippen LogP contribution in [0, 0.1) is 0 Å². The highest BCUT2D eigenvalue weighted by Crippen LogP contribution is 2.29. The van der Waals surface area contributed by atoms with Crippen LogP contribution in [0.3, 0.4) is 0 Å². The SMILES string of the molecule is CCn1c(-c2ccc(Cl)cc2)nc2c(=O)[nH]c(NCCc3ccc(C(F)(F)F)cc3)nc21. The average Bonchev–Trinajstić information content (AvgIpc) is 3.13. The summed E-state index contributed by atoms with van der Waals surface area (Å²) in [5.74, 6) is 0.880. The average molecular weight is 462 g/mol. The molecule has 0 bridgehead atoms. The van der Waals surface area contributed by atoms with Gasteiger partial charge in [0.25, 0.3) is 5.56 Å². The van der Waals surface area contributed by atoms with Crippen LogP contribution in [0.25, 0.3) is 22.6 Å². The van der Waals surface area contributed by atoms with E-state index in [0.717, 1.165) is 23.3 Å². The molecule has 0 fully saturated rings. The van der Waals surface area contributed by atoms with Crippen molar-refractivity contribution in [2.45, 2.75) is 26.1 Å². The van der Waals surface area contributed by atoms with Crippen molar-refractivity contribution < 1.29 is 13.2 Å². The monoisotopic (exact) mass is 461 g/mol. The van der Waals surface area contributed by atoms with Gasteiger partial charge in [-0.25, -0.2) is 4.98 Å². The van der Waals surface area contributed by atoms with Gasteiger partial charge in [-0.1, -0.05) is 23.7 Å². The highest BCUT2D eigenvalue weighted by Gasteiger charge is 2.29. The lowest BCUT2D eigenvalue weighted by atomic mass is 10.1. The van der Waals surface area contributed by atoms with Gasteiger partial charge in [-0.15, -0.1) is 0 Å². The summed E-state index contributed by atoms with van der Waals surface area (Å²) in [6, 6.07) is 12.1. The molecule has 0 aliphatic rings. The van der Waals surface area contributed by atoms with E-state index in [0.29, 0.717) is 36.0 Å². The van der Waals surface area contributed by atoms with Crippen molar-refractivity contribution in [3.05, 3.63) is 75.0 Å². The number of imidazole rings is 1. The number of anilines is 1. The summed E-state index contributed by atoms with van der Waals surface area (Å²) < 4.78 is 39.9. The molecule has 6 nitrogen and oxygen atoms in total. The van der Waals surface area contributed by atoms with Gasteiger partial charge in [-0.05, 0) is 55.3 Å². The van der Waals surface area contributed by atoms with Gasteiger partial charge in [0.15, 0.2) is 11.2 Å². The zero-order valence-corrected chi connectivity index (χ0v) is 17.8. The van der Waals surface area contributed by atoms with E-state index in [9.17, 15) is 18.0 Å². The summed E-state index contributed by atoms with van der Waals surface area (Å²) in [7, 11) is 0. The Morgan fingerprint density at radius 3 is 2.38 bits per heavy atom. The van der Waals surface area contributed by atoms with Crippen LogP contribution in [0.15, 0.2) is 53.3 Å². The number of aromatic amines is 1. The number of hydrogen-bond donors (Lipinski definition) is 2.